The fraction of sp³-hybridized carbons (Fsp3) is 0.900. The Bertz CT molecular complexity index is 252. The zero-order chi connectivity index (χ0) is 12.9. The quantitative estimate of drug-likeness (QED) is 0.806. The van der Waals surface area contributed by atoms with Crippen LogP contribution < -0.4 is 5.32 Å². The minimum absolute atomic E-state index is 0.289. The molecule has 1 N–H and O–H groups in total. The summed E-state index contributed by atoms with van der Waals surface area (Å²) in [4.78, 5) is 13.1. The van der Waals surface area contributed by atoms with Crippen molar-refractivity contribution in [3.63, 3.8) is 0 Å². The summed E-state index contributed by atoms with van der Waals surface area (Å²) < 4.78 is 40.9. The van der Waals surface area contributed by atoms with E-state index in [-0.39, 0.29) is 6.04 Å². The van der Waals surface area contributed by atoms with Crippen LogP contribution in [0, 0.1) is 0 Å². The van der Waals surface area contributed by atoms with Crippen LogP contribution in [-0.2, 0) is 9.53 Å². The van der Waals surface area contributed by atoms with Gasteiger partial charge in [0.1, 0.15) is 6.42 Å². The topological polar surface area (TPSA) is 41.6 Å². The Hall–Kier alpha value is -0.820. The molecule has 1 atom stereocenters. The second-order valence-electron chi connectivity index (χ2n) is 4.17. The van der Waals surface area contributed by atoms with Gasteiger partial charge in [-0.2, -0.15) is 13.2 Å². The van der Waals surface area contributed by atoms with E-state index in [1.165, 1.54) is 0 Å². The molecule has 1 saturated heterocycles. The number of morpholine rings is 1. The monoisotopic (exact) mass is 254 g/mol. The molecule has 0 unspecified atom stereocenters. The predicted molar refractivity (Wildman–Crippen MR) is 55.5 cm³/mol. The number of nitrogens with one attached hydrogen (secondary N) is 1. The maximum atomic E-state index is 11.9. The first-order valence-corrected chi connectivity index (χ1v) is 5.53. The average Bonchev–Trinajstić information content (AvgIpc) is 2.15. The van der Waals surface area contributed by atoms with Crippen LogP contribution in [0.4, 0.5) is 13.2 Å². The Morgan fingerprint density at radius 3 is 2.53 bits per heavy atom. The van der Waals surface area contributed by atoms with E-state index in [1.54, 1.807) is 6.92 Å². The third kappa shape index (κ3) is 6.48. The van der Waals surface area contributed by atoms with Gasteiger partial charge in [-0.1, -0.05) is 0 Å². The fourth-order valence-corrected chi connectivity index (χ4v) is 1.72. The molecule has 17 heavy (non-hydrogen) atoms. The van der Waals surface area contributed by atoms with Crippen LogP contribution in [0.2, 0.25) is 0 Å². The standard InChI is InChI=1S/C10H17F3N2O2/c1-8(7-15-2-4-17-5-3-15)14-9(16)6-10(11,12)13/h8H,2-7H2,1H3,(H,14,16)/t8-/m0/s1. The molecule has 1 fully saturated rings. The molecule has 1 amide bonds. The first-order chi connectivity index (χ1) is 7.87. The van der Waals surface area contributed by atoms with E-state index < -0.39 is 18.5 Å². The summed E-state index contributed by atoms with van der Waals surface area (Å²) in [6, 6.07) is -0.289. The number of ether oxygens (including phenoxy) is 1. The lowest BCUT2D eigenvalue weighted by molar-refractivity contribution is -0.154. The summed E-state index contributed by atoms with van der Waals surface area (Å²) in [6.07, 6.45) is -5.86. The SMILES string of the molecule is C[C@@H](CN1CCOCC1)NC(=O)CC(F)(F)F. The van der Waals surface area contributed by atoms with Crippen LogP contribution in [0.3, 0.4) is 0 Å². The molecule has 1 aliphatic heterocycles. The molecule has 0 aromatic carbocycles. The first kappa shape index (κ1) is 14.2. The van der Waals surface area contributed by atoms with E-state index >= 15 is 0 Å². The summed E-state index contributed by atoms with van der Waals surface area (Å²) in [6.45, 7) is 5.00. The number of hydrogen-bond acceptors (Lipinski definition) is 3. The van der Waals surface area contributed by atoms with Gasteiger partial charge in [-0.3, -0.25) is 9.69 Å². The molecule has 1 rings (SSSR count). The fourth-order valence-electron chi connectivity index (χ4n) is 1.72. The van der Waals surface area contributed by atoms with Crippen LogP contribution >= 0.6 is 0 Å². The Balaban J connectivity index is 2.23. The number of carbonyl (C=O) groups is 1. The molecule has 100 valence electrons. The maximum Gasteiger partial charge on any atom is 0.397 e. The minimum Gasteiger partial charge on any atom is -0.379 e. The van der Waals surface area contributed by atoms with Gasteiger partial charge in [0.2, 0.25) is 5.91 Å². The molecule has 1 aliphatic rings. The van der Waals surface area contributed by atoms with Crippen molar-refractivity contribution in [2.75, 3.05) is 32.8 Å². The molecule has 0 bridgehead atoms. The van der Waals surface area contributed by atoms with Crippen molar-refractivity contribution in [1.82, 2.24) is 10.2 Å². The zero-order valence-corrected chi connectivity index (χ0v) is 9.72. The Kier molecular flexibility index (Phi) is 5.20. The summed E-state index contributed by atoms with van der Waals surface area (Å²) in [5.41, 5.74) is 0. The summed E-state index contributed by atoms with van der Waals surface area (Å²) in [5, 5.41) is 2.34. The number of rotatable bonds is 4. The van der Waals surface area contributed by atoms with E-state index in [4.69, 9.17) is 4.74 Å². The van der Waals surface area contributed by atoms with Crippen LogP contribution in [0.5, 0.6) is 0 Å². The molecule has 7 heteroatoms. The Morgan fingerprint density at radius 1 is 1.41 bits per heavy atom. The number of halogens is 3. The van der Waals surface area contributed by atoms with Crippen LogP contribution in [0.1, 0.15) is 13.3 Å². The molecule has 4 nitrogen and oxygen atoms in total. The van der Waals surface area contributed by atoms with Crippen LogP contribution in [0.15, 0.2) is 0 Å². The molecular formula is C10H17F3N2O2. The van der Waals surface area contributed by atoms with Gasteiger partial charge in [-0.05, 0) is 6.92 Å². The van der Waals surface area contributed by atoms with E-state index in [2.05, 4.69) is 10.2 Å². The van der Waals surface area contributed by atoms with E-state index in [1.807, 2.05) is 0 Å². The van der Waals surface area contributed by atoms with E-state index in [9.17, 15) is 18.0 Å². The lowest BCUT2D eigenvalue weighted by atomic mass is 10.2. The summed E-state index contributed by atoms with van der Waals surface area (Å²) >= 11 is 0. The third-order valence-electron chi connectivity index (χ3n) is 2.40. The lowest BCUT2D eigenvalue weighted by Gasteiger charge is -2.29. The highest BCUT2D eigenvalue weighted by molar-refractivity contribution is 5.76. The van der Waals surface area contributed by atoms with Crippen molar-refractivity contribution in [3.05, 3.63) is 0 Å². The van der Waals surface area contributed by atoms with Gasteiger partial charge in [-0.25, -0.2) is 0 Å². The summed E-state index contributed by atoms with van der Waals surface area (Å²) in [7, 11) is 0. The highest BCUT2D eigenvalue weighted by Crippen LogP contribution is 2.18. The molecule has 0 radical (unpaired) electrons. The number of alkyl halides is 3. The van der Waals surface area contributed by atoms with Crippen molar-refractivity contribution in [3.8, 4) is 0 Å². The number of nitrogens with zero attached hydrogens (tertiary/aromatic N) is 1. The van der Waals surface area contributed by atoms with Gasteiger partial charge in [0.05, 0.1) is 13.2 Å². The lowest BCUT2D eigenvalue weighted by Crippen LogP contribution is -2.46. The normalized spacial score (nSPS) is 20.0. The summed E-state index contributed by atoms with van der Waals surface area (Å²) in [5.74, 6) is -0.974. The van der Waals surface area contributed by atoms with Crippen molar-refractivity contribution in [2.45, 2.75) is 25.6 Å². The highest BCUT2D eigenvalue weighted by Gasteiger charge is 2.31. The van der Waals surface area contributed by atoms with Gasteiger partial charge in [-0.15, -0.1) is 0 Å². The van der Waals surface area contributed by atoms with Crippen molar-refractivity contribution >= 4 is 5.91 Å². The first-order valence-electron chi connectivity index (χ1n) is 5.53. The molecule has 0 aromatic rings. The average molecular weight is 254 g/mol. The number of carbonyl (C=O) groups excluding carboxylic acids is 1. The van der Waals surface area contributed by atoms with E-state index in [0.717, 1.165) is 13.1 Å². The maximum absolute atomic E-state index is 11.9. The molecule has 0 saturated carbocycles. The minimum atomic E-state index is -4.44. The van der Waals surface area contributed by atoms with Crippen molar-refractivity contribution in [1.29, 1.82) is 0 Å². The van der Waals surface area contributed by atoms with Gasteiger partial charge >= 0.3 is 6.18 Å². The molecule has 1 heterocycles. The molecule has 0 spiro atoms. The van der Waals surface area contributed by atoms with Gasteiger partial charge in [0, 0.05) is 25.7 Å². The molecule has 0 aromatic heterocycles. The second-order valence-corrected chi connectivity index (χ2v) is 4.17. The third-order valence-corrected chi connectivity index (χ3v) is 2.40. The van der Waals surface area contributed by atoms with Gasteiger partial charge < -0.3 is 10.1 Å². The Labute approximate surface area is 98.1 Å². The van der Waals surface area contributed by atoms with Crippen LogP contribution in [0.25, 0.3) is 0 Å². The van der Waals surface area contributed by atoms with Crippen molar-refractivity contribution < 1.29 is 22.7 Å². The molecule has 0 aliphatic carbocycles. The van der Waals surface area contributed by atoms with Gasteiger partial charge in [0.25, 0.3) is 0 Å². The second kappa shape index (κ2) is 6.20. The Morgan fingerprint density at radius 2 is 2.00 bits per heavy atom. The number of hydrogen-bond donors (Lipinski definition) is 1. The van der Waals surface area contributed by atoms with Gasteiger partial charge in [0.15, 0.2) is 0 Å². The number of amides is 1. The molecular weight excluding hydrogens is 237 g/mol. The largest absolute Gasteiger partial charge is 0.397 e. The zero-order valence-electron chi connectivity index (χ0n) is 9.72. The van der Waals surface area contributed by atoms with Crippen molar-refractivity contribution in [2.24, 2.45) is 0 Å². The smallest absolute Gasteiger partial charge is 0.379 e. The van der Waals surface area contributed by atoms with E-state index in [0.29, 0.717) is 19.8 Å². The predicted octanol–water partition coefficient (Wildman–Crippen LogP) is 0.776. The highest BCUT2D eigenvalue weighted by atomic mass is 19.4. The van der Waals surface area contributed by atoms with Crippen LogP contribution in [-0.4, -0.2) is 55.9 Å².